The molecule has 0 saturated carbocycles. The number of methoxy groups -OCH3 is 1. The Morgan fingerprint density at radius 2 is 2.22 bits per heavy atom. The highest BCUT2D eigenvalue weighted by atomic mass is 127. The van der Waals surface area contributed by atoms with Crippen LogP contribution in [0, 0.1) is 3.57 Å². The highest BCUT2D eigenvalue weighted by Gasteiger charge is 2.08. The quantitative estimate of drug-likeness (QED) is 0.791. The van der Waals surface area contributed by atoms with E-state index in [1.165, 1.54) is 5.56 Å². The highest BCUT2D eigenvalue weighted by molar-refractivity contribution is 14.1. The Balaban J connectivity index is 2.16. The molecule has 1 heterocycles. The molecule has 0 spiro atoms. The molecule has 0 saturated heterocycles. The molecule has 0 aliphatic rings. The van der Waals surface area contributed by atoms with E-state index in [0.717, 1.165) is 21.7 Å². The Morgan fingerprint density at radius 3 is 2.94 bits per heavy atom. The maximum Gasteiger partial charge on any atom is 0.145 e. The van der Waals surface area contributed by atoms with Crippen LogP contribution < -0.4 is 9.64 Å². The fourth-order valence-electron chi connectivity index (χ4n) is 1.71. The Hall–Kier alpha value is -1.37. The van der Waals surface area contributed by atoms with E-state index in [1.54, 1.807) is 13.4 Å². The van der Waals surface area contributed by atoms with Crippen LogP contribution in [0.25, 0.3) is 0 Å². The van der Waals surface area contributed by atoms with Crippen molar-refractivity contribution < 1.29 is 4.74 Å². The molecule has 2 aromatic rings. The molecular weight excluding hydrogens is 341 g/mol. The van der Waals surface area contributed by atoms with Crippen LogP contribution in [-0.4, -0.2) is 24.1 Å². The summed E-state index contributed by atoms with van der Waals surface area (Å²) in [5.74, 6) is 1.81. The van der Waals surface area contributed by atoms with E-state index in [9.17, 15) is 0 Å². The second-order valence-electron chi connectivity index (χ2n) is 3.90. The van der Waals surface area contributed by atoms with Crippen molar-refractivity contribution in [1.82, 2.24) is 9.97 Å². The summed E-state index contributed by atoms with van der Waals surface area (Å²) in [6.45, 7) is 0.782. The fourth-order valence-corrected chi connectivity index (χ4v) is 2.42. The van der Waals surface area contributed by atoms with E-state index in [-0.39, 0.29) is 0 Å². The van der Waals surface area contributed by atoms with Gasteiger partial charge in [0.25, 0.3) is 0 Å². The predicted octanol–water partition coefficient (Wildman–Crippen LogP) is 2.73. The van der Waals surface area contributed by atoms with E-state index >= 15 is 0 Å². The normalized spacial score (nSPS) is 10.2. The van der Waals surface area contributed by atoms with Gasteiger partial charge < -0.3 is 9.64 Å². The van der Waals surface area contributed by atoms with Crippen molar-refractivity contribution in [3.63, 3.8) is 0 Å². The number of benzene rings is 1. The van der Waals surface area contributed by atoms with E-state index in [0.29, 0.717) is 0 Å². The van der Waals surface area contributed by atoms with E-state index in [1.807, 2.05) is 31.4 Å². The van der Waals surface area contributed by atoms with Crippen LogP contribution in [0.3, 0.4) is 0 Å². The zero-order valence-corrected chi connectivity index (χ0v) is 12.5. The van der Waals surface area contributed by atoms with Crippen molar-refractivity contribution in [3.8, 4) is 5.75 Å². The lowest BCUT2D eigenvalue weighted by atomic mass is 10.2. The first-order valence-corrected chi connectivity index (χ1v) is 6.58. The number of rotatable bonds is 4. The summed E-state index contributed by atoms with van der Waals surface area (Å²) in [6.07, 6.45) is 3.38. The van der Waals surface area contributed by atoms with Crippen molar-refractivity contribution in [3.05, 3.63) is 45.9 Å². The van der Waals surface area contributed by atoms with Crippen LogP contribution in [0.2, 0.25) is 0 Å². The van der Waals surface area contributed by atoms with Gasteiger partial charge >= 0.3 is 0 Å². The molecule has 0 N–H and O–H groups in total. The highest BCUT2D eigenvalue weighted by Crippen LogP contribution is 2.20. The third-order valence-electron chi connectivity index (χ3n) is 2.56. The summed E-state index contributed by atoms with van der Waals surface area (Å²) in [6, 6.07) is 8.04. The second kappa shape index (κ2) is 5.99. The maximum atomic E-state index is 5.22. The van der Waals surface area contributed by atoms with Crippen LogP contribution in [0.5, 0.6) is 5.75 Å². The minimum atomic E-state index is 0.782. The topological polar surface area (TPSA) is 38.2 Å². The minimum absolute atomic E-state index is 0.782. The van der Waals surface area contributed by atoms with Gasteiger partial charge in [-0.1, -0.05) is 12.1 Å². The number of nitrogens with zero attached hydrogens (tertiary/aromatic N) is 3. The average Bonchev–Trinajstić information content (AvgIpc) is 2.39. The van der Waals surface area contributed by atoms with Crippen molar-refractivity contribution in [2.45, 2.75) is 6.54 Å². The van der Waals surface area contributed by atoms with Crippen LogP contribution in [0.4, 0.5) is 5.82 Å². The maximum absolute atomic E-state index is 5.22. The van der Waals surface area contributed by atoms with Gasteiger partial charge in [-0.2, -0.15) is 0 Å². The standard InChI is InChI=1S/C13H14IN3O/c1-17(13-12(14)7-15-9-16-13)8-10-4-3-5-11(6-10)18-2/h3-7,9H,8H2,1-2H3. The second-order valence-corrected chi connectivity index (χ2v) is 5.06. The van der Waals surface area contributed by atoms with Crippen LogP contribution in [0.1, 0.15) is 5.56 Å². The molecule has 0 radical (unpaired) electrons. The number of anilines is 1. The molecule has 0 fully saturated rings. The van der Waals surface area contributed by atoms with Crippen molar-refractivity contribution >= 4 is 28.4 Å². The lowest BCUT2D eigenvalue weighted by Gasteiger charge is -2.19. The average molecular weight is 355 g/mol. The summed E-state index contributed by atoms with van der Waals surface area (Å²) in [5, 5.41) is 0. The number of halogens is 1. The SMILES string of the molecule is COc1cccc(CN(C)c2ncncc2I)c1. The van der Waals surface area contributed by atoms with Gasteiger partial charge in [0, 0.05) is 19.8 Å². The largest absolute Gasteiger partial charge is 0.497 e. The molecule has 1 aromatic heterocycles. The predicted molar refractivity (Wildman–Crippen MR) is 79.9 cm³/mol. The lowest BCUT2D eigenvalue weighted by molar-refractivity contribution is 0.414. The monoisotopic (exact) mass is 355 g/mol. The number of ether oxygens (including phenoxy) is 1. The van der Waals surface area contributed by atoms with Crippen LogP contribution in [-0.2, 0) is 6.54 Å². The molecule has 0 atom stereocenters. The third-order valence-corrected chi connectivity index (χ3v) is 3.32. The minimum Gasteiger partial charge on any atom is -0.497 e. The third kappa shape index (κ3) is 3.10. The zero-order chi connectivity index (χ0) is 13.0. The van der Waals surface area contributed by atoms with Gasteiger partial charge in [-0.25, -0.2) is 9.97 Å². The number of hydrogen-bond donors (Lipinski definition) is 0. The molecule has 5 heteroatoms. The van der Waals surface area contributed by atoms with Crippen molar-refractivity contribution in [1.29, 1.82) is 0 Å². The first kappa shape index (κ1) is 13.1. The number of aromatic nitrogens is 2. The molecule has 0 bridgehead atoms. The van der Waals surface area contributed by atoms with Gasteiger partial charge in [-0.05, 0) is 40.3 Å². The summed E-state index contributed by atoms with van der Waals surface area (Å²) in [7, 11) is 3.69. The van der Waals surface area contributed by atoms with Crippen LogP contribution >= 0.6 is 22.6 Å². The molecule has 0 amide bonds. The molecule has 18 heavy (non-hydrogen) atoms. The van der Waals surface area contributed by atoms with Crippen molar-refractivity contribution in [2.24, 2.45) is 0 Å². The summed E-state index contributed by atoms with van der Waals surface area (Å²) < 4.78 is 6.26. The Bertz CT molecular complexity index is 533. The molecular formula is C13H14IN3O. The molecule has 0 unspecified atom stereocenters. The van der Waals surface area contributed by atoms with E-state index < -0.39 is 0 Å². The molecule has 94 valence electrons. The van der Waals surface area contributed by atoms with Crippen LogP contribution in [0.15, 0.2) is 36.8 Å². The van der Waals surface area contributed by atoms with E-state index in [4.69, 9.17) is 4.74 Å². The smallest absolute Gasteiger partial charge is 0.145 e. The Morgan fingerprint density at radius 1 is 1.39 bits per heavy atom. The summed E-state index contributed by atoms with van der Waals surface area (Å²) >= 11 is 2.24. The van der Waals surface area contributed by atoms with Gasteiger partial charge in [0.15, 0.2) is 0 Å². The summed E-state index contributed by atoms with van der Waals surface area (Å²) in [4.78, 5) is 10.4. The molecule has 4 nitrogen and oxygen atoms in total. The number of hydrogen-bond acceptors (Lipinski definition) is 4. The Kier molecular flexibility index (Phi) is 4.35. The van der Waals surface area contributed by atoms with E-state index in [2.05, 4.69) is 43.5 Å². The van der Waals surface area contributed by atoms with Gasteiger partial charge in [0.2, 0.25) is 0 Å². The molecule has 1 aromatic carbocycles. The fraction of sp³-hybridized carbons (Fsp3) is 0.231. The van der Waals surface area contributed by atoms with Gasteiger partial charge in [0.1, 0.15) is 17.9 Å². The molecule has 2 rings (SSSR count). The Labute approximate surface area is 120 Å². The van der Waals surface area contributed by atoms with Gasteiger partial charge in [-0.15, -0.1) is 0 Å². The molecule has 0 aliphatic carbocycles. The van der Waals surface area contributed by atoms with Gasteiger partial charge in [-0.3, -0.25) is 0 Å². The lowest BCUT2D eigenvalue weighted by Crippen LogP contribution is -2.19. The first-order chi connectivity index (χ1) is 8.70. The zero-order valence-electron chi connectivity index (χ0n) is 10.3. The first-order valence-electron chi connectivity index (χ1n) is 5.50. The summed E-state index contributed by atoms with van der Waals surface area (Å²) in [5.41, 5.74) is 1.19. The van der Waals surface area contributed by atoms with Gasteiger partial charge in [0.05, 0.1) is 10.7 Å². The molecule has 0 aliphatic heterocycles. The van der Waals surface area contributed by atoms with Crippen molar-refractivity contribution in [2.75, 3.05) is 19.1 Å².